The van der Waals surface area contributed by atoms with Crippen LogP contribution in [0.25, 0.3) is 0 Å². The molecule has 0 aliphatic rings. The third-order valence-corrected chi connectivity index (χ3v) is 2.11. The van der Waals surface area contributed by atoms with Crippen LogP contribution in [0.15, 0.2) is 12.1 Å². The van der Waals surface area contributed by atoms with Crippen LogP contribution < -0.4 is 10.5 Å². The smallest absolute Gasteiger partial charge is 0.200 e. The molecule has 78 valence electrons. The highest BCUT2D eigenvalue weighted by atomic mass is 19.2. The topological polar surface area (TPSA) is 35.2 Å². The van der Waals surface area contributed by atoms with Crippen molar-refractivity contribution in [2.24, 2.45) is 5.73 Å². The molecule has 0 aromatic heterocycles. The summed E-state index contributed by atoms with van der Waals surface area (Å²) in [5, 5.41) is 0. The Morgan fingerprint density at radius 2 is 2.07 bits per heavy atom. The minimum absolute atomic E-state index is 0.107. The van der Waals surface area contributed by atoms with Gasteiger partial charge in [0.1, 0.15) is 0 Å². The average molecular weight is 201 g/mol. The number of halogens is 2. The number of methoxy groups -OCH3 is 1. The Morgan fingerprint density at radius 3 is 2.57 bits per heavy atom. The van der Waals surface area contributed by atoms with E-state index in [4.69, 9.17) is 10.5 Å². The van der Waals surface area contributed by atoms with E-state index in [2.05, 4.69) is 0 Å². The lowest BCUT2D eigenvalue weighted by molar-refractivity contribution is 0.370. The molecule has 2 N–H and O–H groups in total. The van der Waals surface area contributed by atoms with E-state index in [1.165, 1.54) is 13.2 Å². The summed E-state index contributed by atoms with van der Waals surface area (Å²) in [4.78, 5) is 0. The molecule has 1 aromatic carbocycles. The van der Waals surface area contributed by atoms with Gasteiger partial charge in [-0.15, -0.1) is 0 Å². The fraction of sp³-hybridized carbons (Fsp3) is 0.400. The van der Waals surface area contributed by atoms with Crippen LogP contribution in [0.2, 0.25) is 0 Å². The summed E-state index contributed by atoms with van der Waals surface area (Å²) in [7, 11) is 1.29. The van der Waals surface area contributed by atoms with Crippen LogP contribution in [0.3, 0.4) is 0 Å². The Kier molecular flexibility index (Phi) is 3.41. The molecular weight excluding hydrogens is 188 g/mol. The second-order valence-electron chi connectivity index (χ2n) is 3.03. The SMILES string of the molecule is CCC(N)c1cc(F)c(F)c(OC)c1. The average Bonchev–Trinajstić information content (AvgIpc) is 2.20. The van der Waals surface area contributed by atoms with Gasteiger partial charge in [0.05, 0.1) is 7.11 Å². The monoisotopic (exact) mass is 201 g/mol. The first-order chi connectivity index (χ1) is 6.60. The standard InChI is InChI=1S/C10H13F2NO/c1-3-8(13)6-4-7(11)10(12)9(5-6)14-2/h4-5,8H,3,13H2,1-2H3. The summed E-state index contributed by atoms with van der Waals surface area (Å²) >= 11 is 0. The lowest BCUT2D eigenvalue weighted by atomic mass is 10.0. The maximum Gasteiger partial charge on any atom is 0.200 e. The summed E-state index contributed by atoms with van der Waals surface area (Å²) in [5.74, 6) is -2.01. The van der Waals surface area contributed by atoms with Gasteiger partial charge in [0.2, 0.25) is 5.82 Å². The van der Waals surface area contributed by atoms with E-state index in [9.17, 15) is 8.78 Å². The molecule has 0 aliphatic carbocycles. The molecule has 4 heteroatoms. The van der Waals surface area contributed by atoms with E-state index in [0.29, 0.717) is 12.0 Å². The second-order valence-corrected chi connectivity index (χ2v) is 3.03. The normalized spacial score (nSPS) is 12.6. The third-order valence-electron chi connectivity index (χ3n) is 2.11. The van der Waals surface area contributed by atoms with Crippen molar-refractivity contribution in [2.45, 2.75) is 19.4 Å². The van der Waals surface area contributed by atoms with Gasteiger partial charge in [0.15, 0.2) is 11.6 Å². The lowest BCUT2D eigenvalue weighted by Gasteiger charge is -2.11. The Labute approximate surface area is 81.7 Å². The molecule has 0 saturated carbocycles. The fourth-order valence-electron chi connectivity index (χ4n) is 1.18. The summed E-state index contributed by atoms with van der Waals surface area (Å²) in [6.07, 6.45) is 0.661. The molecule has 1 atom stereocenters. The van der Waals surface area contributed by atoms with Crippen molar-refractivity contribution < 1.29 is 13.5 Å². The minimum Gasteiger partial charge on any atom is -0.494 e. The lowest BCUT2D eigenvalue weighted by Crippen LogP contribution is -2.09. The van der Waals surface area contributed by atoms with Crippen molar-refractivity contribution in [3.8, 4) is 5.75 Å². The van der Waals surface area contributed by atoms with Crippen LogP contribution in [-0.4, -0.2) is 7.11 Å². The molecular formula is C10H13F2NO. The van der Waals surface area contributed by atoms with Gasteiger partial charge in [-0.25, -0.2) is 4.39 Å². The van der Waals surface area contributed by atoms with Crippen molar-refractivity contribution in [1.29, 1.82) is 0 Å². The van der Waals surface area contributed by atoms with Crippen LogP contribution in [0.1, 0.15) is 24.9 Å². The molecule has 0 radical (unpaired) electrons. The van der Waals surface area contributed by atoms with Crippen molar-refractivity contribution in [3.63, 3.8) is 0 Å². The van der Waals surface area contributed by atoms with Gasteiger partial charge in [-0.1, -0.05) is 6.92 Å². The Hall–Kier alpha value is -1.16. The number of hydrogen-bond acceptors (Lipinski definition) is 2. The highest BCUT2D eigenvalue weighted by molar-refractivity contribution is 5.33. The first kappa shape index (κ1) is 10.9. The van der Waals surface area contributed by atoms with Crippen LogP contribution in [0, 0.1) is 11.6 Å². The molecule has 2 nitrogen and oxygen atoms in total. The predicted molar refractivity (Wildman–Crippen MR) is 50.1 cm³/mol. The van der Waals surface area contributed by atoms with Crippen LogP contribution in [0.4, 0.5) is 8.78 Å². The zero-order valence-corrected chi connectivity index (χ0v) is 8.18. The zero-order chi connectivity index (χ0) is 10.7. The van der Waals surface area contributed by atoms with E-state index in [1.807, 2.05) is 6.92 Å². The van der Waals surface area contributed by atoms with Crippen molar-refractivity contribution in [3.05, 3.63) is 29.3 Å². The molecule has 1 aromatic rings. The number of ether oxygens (including phenoxy) is 1. The number of hydrogen-bond donors (Lipinski definition) is 1. The molecule has 0 amide bonds. The zero-order valence-electron chi connectivity index (χ0n) is 8.18. The summed E-state index contributed by atoms with van der Waals surface area (Å²) in [6, 6.07) is 2.23. The van der Waals surface area contributed by atoms with Crippen LogP contribution in [-0.2, 0) is 0 Å². The Morgan fingerprint density at radius 1 is 1.43 bits per heavy atom. The van der Waals surface area contributed by atoms with Gasteiger partial charge < -0.3 is 10.5 Å². The Bertz CT molecular complexity index is 328. The molecule has 0 saturated heterocycles. The minimum atomic E-state index is -0.973. The van der Waals surface area contributed by atoms with E-state index < -0.39 is 11.6 Å². The van der Waals surface area contributed by atoms with Gasteiger partial charge in [-0.05, 0) is 24.1 Å². The highest BCUT2D eigenvalue weighted by Crippen LogP contribution is 2.25. The third kappa shape index (κ3) is 2.01. The molecule has 1 unspecified atom stereocenters. The molecule has 14 heavy (non-hydrogen) atoms. The summed E-state index contributed by atoms with van der Waals surface area (Å²) in [5.41, 5.74) is 6.24. The van der Waals surface area contributed by atoms with E-state index >= 15 is 0 Å². The van der Waals surface area contributed by atoms with Crippen molar-refractivity contribution in [2.75, 3.05) is 7.11 Å². The molecule has 0 bridgehead atoms. The number of nitrogens with two attached hydrogens (primary N) is 1. The predicted octanol–water partition coefficient (Wildman–Crippen LogP) is 2.38. The summed E-state index contributed by atoms with van der Waals surface area (Å²) < 4.78 is 30.7. The molecule has 0 heterocycles. The maximum absolute atomic E-state index is 13.0. The van der Waals surface area contributed by atoms with E-state index in [0.717, 1.165) is 6.07 Å². The Balaban J connectivity index is 3.16. The highest BCUT2D eigenvalue weighted by Gasteiger charge is 2.13. The maximum atomic E-state index is 13.0. The van der Waals surface area contributed by atoms with Gasteiger partial charge in [0, 0.05) is 6.04 Å². The quantitative estimate of drug-likeness (QED) is 0.814. The van der Waals surface area contributed by atoms with Gasteiger partial charge in [-0.2, -0.15) is 4.39 Å². The molecule has 1 rings (SSSR count). The van der Waals surface area contributed by atoms with E-state index in [1.54, 1.807) is 0 Å². The molecule has 0 fully saturated rings. The van der Waals surface area contributed by atoms with Crippen LogP contribution in [0.5, 0.6) is 5.75 Å². The van der Waals surface area contributed by atoms with E-state index in [-0.39, 0.29) is 11.8 Å². The van der Waals surface area contributed by atoms with Crippen molar-refractivity contribution >= 4 is 0 Å². The van der Waals surface area contributed by atoms with Gasteiger partial charge in [0.25, 0.3) is 0 Å². The fourth-order valence-corrected chi connectivity index (χ4v) is 1.18. The molecule has 0 spiro atoms. The largest absolute Gasteiger partial charge is 0.494 e. The van der Waals surface area contributed by atoms with Gasteiger partial charge >= 0.3 is 0 Å². The second kappa shape index (κ2) is 4.37. The van der Waals surface area contributed by atoms with Gasteiger partial charge in [-0.3, -0.25) is 0 Å². The number of rotatable bonds is 3. The first-order valence-corrected chi connectivity index (χ1v) is 4.38. The van der Waals surface area contributed by atoms with Crippen molar-refractivity contribution in [1.82, 2.24) is 0 Å². The number of benzene rings is 1. The molecule has 0 aliphatic heterocycles. The first-order valence-electron chi connectivity index (χ1n) is 4.38. The van der Waals surface area contributed by atoms with Crippen LogP contribution >= 0.6 is 0 Å². The summed E-state index contributed by atoms with van der Waals surface area (Å²) in [6.45, 7) is 1.87.